The zero-order valence-corrected chi connectivity index (χ0v) is 18.1. The molecular weight excluding hydrogens is 350 g/mol. The molecule has 0 radical (unpaired) electrons. The third kappa shape index (κ3) is 13.1. The van der Waals surface area contributed by atoms with Gasteiger partial charge in [-0.25, -0.2) is 4.79 Å². The minimum atomic E-state index is -0.883. The van der Waals surface area contributed by atoms with E-state index in [9.17, 15) is 14.4 Å². The Kier molecular flexibility index (Phi) is 11.0. The molecule has 158 valence electrons. The molecule has 1 amide bonds. The summed E-state index contributed by atoms with van der Waals surface area (Å²) in [5.41, 5.74) is -0.578. The standard InChI is InChI=1S/C20H37NO6/c1-9-17(26-18(23)14(4)5)25-16(22)11-15(10-13(2)3)12-21-19(24)27-20(6,7)8/h13-15,17H,9-12H2,1-8H3,(H,21,24). The molecule has 2 unspecified atom stereocenters. The second kappa shape index (κ2) is 11.8. The van der Waals surface area contributed by atoms with Crippen LogP contribution < -0.4 is 5.32 Å². The molecule has 27 heavy (non-hydrogen) atoms. The first-order chi connectivity index (χ1) is 12.3. The first-order valence-corrected chi connectivity index (χ1v) is 9.70. The number of carbonyl (C=O) groups excluding carboxylic acids is 3. The Labute approximate surface area is 163 Å². The molecule has 2 atom stereocenters. The van der Waals surface area contributed by atoms with E-state index in [1.807, 2.05) is 13.8 Å². The van der Waals surface area contributed by atoms with Gasteiger partial charge >= 0.3 is 18.0 Å². The van der Waals surface area contributed by atoms with Gasteiger partial charge in [-0.1, -0.05) is 34.6 Å². The molecule has 0 bridgehead atoms. The molecule has 1 N–H and O–H groups in total. The van der Waals surface area contributed by atoms with Crippen molar-refractivity contribution >= 4 is 18.0 Å². The van der Waals surface area contributed by atoms with Gasteiger partial charge in [0.15, 0.2) is 0 Å². The number of esters is 2. The number of amides is 1. The van der Waals surface area contributed by atoms with Crippen LogP contribution in [0.25, 0.3) is 0 Å². The number of hydrogen-bond donors (Lipinski definition) is 1. The van der Waals surface area contributed by atoms with E-state index >= 15 is 0 Å². The molecule has 7 nitrogen and oxygen atoms in total. The van der Waals surface area contributed by atoms with Crippen molar-refractivity contribution in [3.63, 3.8) is 0 Å². The van der Waals surface area contributed by atoms with Crippen LogP contribution in [0.15, 0.2) is 0 Å². The molecule has 0 aliphatic heterocycles. The normalized spacial score (nSPS) is 13.9. The first kappa shape index (κ1) is 25.2. The average molecular weight is 388 g/mol. The van der Waals surface area contributed by atoms with Gasteiger partial charge < -0.3 is 19.5 Å². The van der Waals surface area contributed by atoms with Gasteiger partial charge in [0.25, 0.3) is 0 Å². The van der Waals surface area contributed by atoms with Crippen molar-refractivity contribution in [2.24, 2.45) is 17.8 Å². The van der Waals surface area contributed by atoms with Crippen molar-refractivity contribution in [2.75, 3.05) is 6.54 Å². The van der Waals surface area contributed by atoms with E-state index in [1.165, 1.54) is 0 Å². The molecule has 0 aliphatic rings. The van der Waals surface area contributed by atoms with Gasteiger partial charge in [0, 0.05) is 13.0 Å². The third-order valence-corrected chi connectivity index (χ3v) is 3.51. The number of ether oxygens (including phenoxy) is 3. The predicted molar refractivity (Wildman–Crippen MR) is 103 cm³/mol. The van der Waals surface area contributed by atoms with Gasteiger partial charge in [0.2, 0.25) is 6.29 Å². The van der Waals surface area contributed by atoms with Crippen LogP contribution in [0.5, 0.6) is 0 Å². The molecule has 0 saturated carbocycles. The minimum absolute atomic E-state index is 0.0941. The number of rotatable bonds is 10. The fourth-order valence-electron chi connectivity index (χ4n) is 2.33. The molecule has 0 aromatic heterocycles. The summed E-state index contributed by atoms with van der Waals surface area (Å²) in [5.74, 6) is -0.883. The largest absolute Gasteiger partial charge is 0.444 e. The van der Waals surface area contributed by atoms with E-state index in [0.29, 0.717) is 18.9 Å². The lowest BCUT2D eigenvalue weighted by Crippen LogP contribution is -2.36. The van der Waals surface area contributed by atoms with E-state index in [1.54, 1.807) is 41.5 Å². The summed E-state index contributed by atoms with van der Waals surface area (Å²) in [4.78, 5) is 35.8. The van der Waals surface area contributed by atoms with Gasteiger partial charge in [-0.05, 0) is 39.0 Å². The Balaban J connectivity index is 4.66. The summed E-state index contributed by atoms with van der Waals surface area (Å²) < 4.78 is 15.7. The van der Waals surface area contributed by atoms with E-state index in [-0.39, 0.29) is 18.3 Å². The van der Waals surface area contributed by atoms with Crippen LogP contribution in [-0.4, -0.2) is 36.5 Å². The van der Waals surface area contributed by atoms with Crippen LogP contribution in [0.3, 0.4) is 0 Å². The zero-order valence-electron chi connectivity index (χ0n) is 18.1. The molecule has 0 aliphatic carbocycles. The summed E-state index contributed by atoms with van der Waals surface area (Å²) in [6.07, 6.45) is -0.139. The minimum Gasteiger partial charge on any atom is -0.444 e. The lowest BCUT2D eigenvalue weighted by atomic mass is 9.94. The van der Waals surface area contributed by atoms with Crippen molar-refractivity contribution in [2.45, 2.75) is 86.5 Å². The van der Waals surface area contributed by atoms with Gasteiger partial charge in [0.05, 0.1) is 12.3 Å². The van der Waals surface area contributed by atoms with Crippen molar-refractivity contribution in [3.05, 3.63) is 0 Å². The highest BCUT2D eigenvalue weighted by Crippen LogP contribution is 2.17. The fraction of sp³-hybridized carbons (Fsp3) is 0.850. The second-order valence-electron chi connectivity index (χ2n) is 8.50. The Hall–Kier alpha value is -1.79. The number of carbonyl (C=O) groups is 3. The molecule has 0 aromatic rings. The zero-order chi connectivity index (χ0) is 21.2. The highest BCUT2D eigenvalue weighted by molar-refractivity contribution is 5.73. The van der Waals surface area contributed by atoms with Crippen molar-refractivity contribution in [1.82, 2.24) is 5.32 Å². The lowest BCUT2D eigenvalue weighted by molar-refractivity contribution is -0.191. The Morgan fingerprint density at radius 2 is 1.59 bits per heavy atom. The van der Waals surface area contributed by atoms with Gasteiger partial charge in [0.1, 0.15) is 5.60 Å². The van der Waals surface area contributed by atoms with Crippen LogP contribution in [0, 0.1) is 17.8 Å². The monoisotopic (exact) mass is 387 g/mol. The second-order valence-corrected chi connectivity index (χ2v) is 8.50. The Bertz CT molecular complexity index is 481. The summed E-state index contributed by atoms with van der Waals surface area (Å²) in [7, 11) is 0. The molecular formula is C20H37NO6. The molecule has 0 rings (SSSR count). The fourth-order valence-corrected chi connectivity index (χ4v) is 2.33. The maximum Gasteiger partial charge on any atom is 0.407 e. The third-order valence-electron chi connectivity index (χ3n) is 3.51. The topological polar surface area (TPSA) is 90.9 Å². The number of hydrogen-bond acceptors (Lipinski definition) is 6. The molecule has 0 saturated heterocycles. The summed E-state index contributed by atoms with van der Waals surface area (Å²) in [6, 6.07) is 0. The number of alkyl carbamates (subject to hydrolysis) is 1. The molecule has 0 heterocycles. The maximum atomic E-state index is 12.3. The Morgan fingerprint density at radius 3 is 2.04 bits per heavy atom. The van der Waals surface area contributed by atoms with Crippen molar-refractivity contribution < 1.29 is 28.6 Å². The van der Waals surface area contributed by atoms with Gasteiger partial charge in [-0.3, -0.25) is 9.59 Å². The van der Waals surface area contributed by atoms with E-state index in [2.05, 4.69) is 5.32 Å². The first-order valence-electron chi connectivity index (χ1n) is 9.70. The van der Waals surface area contributed by atoms with Crippen LogP contribution in [0.4, 0.5) is 4.79 Å². The van der Waals surface area contributed by atoms with Crippen molar-refractivity contribution in [3.8, 4) is 0 Å². The van der Waals surface area contributed by atoms with E-state index in [4.69, 9.17) is 14.2 Å². The average Bonchev–Trinajstić information content (AvgIpc) is 2.49. The lowest BCUT2D eigenvalue weighted by Gasteiger charge is -2.23. The smallest absolute Gasteiger partial charge is 0.407 e. The van der Waals surface area contributed by atoms with Crippen LogP contribution in [-0.2, 0) is 23.8 Å². The number of nitrogens with one attached hydrogen (secondary N) is 1. The highest BCUT2D eigenvalue weighted by Gasteiger charge is 2.23. The molecule has 0 spiro atoms. The predicted octanol–water partition coefficient (Wildman–Crippen LogP) is 4.04. The summed E-state index contributed by atoms with van der Waals surface area (Å²) in [6.45, 7) is 15.0. The van der Waals surface area contributed by atoms with E-state index < -0.39 is 29.9 Å². The quantitative estimate of drug-likeness (QED) is 0.449. The van der Waals surface area contributed by atoms with Crippen LogP contribution >= 0.6 is 0 Å². The SMILES string of the molecule is CCC(OC(=O)CC(CNC(=O)OC(C)(C)C)CC(C)C)OC(=O)C(C)C. The van der Waals surface area contributed by atoms with Crippen LogP contribution in [0.2, 0.25) is 0 Å². The van der Waals surface area contributed by atoms with E-state index in [0.717, 1.165) is 6.42 Å². The summed E-state index contributed by atoms with van der Waals surface area (Å²) in [5, 5.41) is 2.71. The highest BCUT2D eigenvalue weighted by atomic mass is 16.7. The maximum absolute atomic E-state index is 12.3. The van der Waals surface area contributed by atoms with Gasteiger partial charge in [-0.15, -0.1) is 0 Å². The molecule has 7 heteroatoms. The van der Waals surface area contributed by atoms with Gasteiger partial charge in [-0.2, -0.15) is 0 Å². The Morgan fingerprint density at radius 1 is 1.00 bits per heavy atom. The molecule has 0 fully saturated rings. The van der Waals surface area contributed by atoms with Crippen LogP contribution in [0.1, 0.15) is 74.7 Å². The van der Waals surface area contributed by atoms with Crippen molar-refractivity contribution in [1.29, 1.82) is 0 Å². The molecule has 0 aromatic carbocycles. The summed E-state index contributed by atoms with van der Waals surface area (Å²) >= 11 is 0.